The summed E-state index contributed by atoms with van der Waals surface area (Å²) in [6.45, 7) is 2.79. The van der Waals surface area contributed by atoms with Gasteiger partial charge in [-0.3, -0.25) is 4.79 Å². The molecular formula is C13H18N2O4. The van der Waals surface area contributed by atoms with E-state index in [1.165, 1.54) is 4.90 Å². The molecular weight excluding hydrogens is 248 g/mol. The van der Waals surface area contributed by atoms with Crippen LogP contribution >= 0.6 is 0 Å². The fraction of sp³-hybridized carbons (Fsp3) is 0.538. The highest BCUT2D eigenvalue weighted by Gasteiger charge is 2.39. The fourth-order valence-corrected chi connectivity index (χ4v) is 2.46. The second-order valence-corrected chi connectivity index (χ2v) is 4.79. The molecule has 1 fully saturated rings. The highest BCUT2D eigenvalue weighted by molar-refractivity contribution is 5.95. The molecule has 1 aliphatic rings. The maximum atomic E-state index is 12.4. The Morgan fingerprint density at radius 2 is 2.21 bits per heavy atom. The SMILES string of the molecule is CCCn1cccc1C(=O)N1CC(O)CC1C(=O)O. The van der Waals surface area contributed by atoms with E-state index in [9.17, 15) is 14.7 Å². The van der Waals surface area contributed by atoms with Crippen molar-refractivity contribution in [3.8, 4) is 0 Å². The van der Waals surface area contributed by atoms with Crippen molar-refractivity contribution in [3.05, 3.63) is 24.0 Å². The number of carboxylic acid groups (broad SMARTS) is 1. The standard InChI is InChI=1S/C13H18N2O4/c1-2-5-14-6-3-4-10(14)12(17)15-8-9(16)7-11(15)13(18)19/h3-4,6,9,11,16H,2,5,7-8H2,1H3,(H,18,19). The fourth-order valence-electron chi connectivity index (χ4n) is 2.46. The Labute approximate surface area is 111 Å². The zero-order valence-corrected chi connectivity index (χ0v) is 10.8. The number of nitrogens with zero attached hydrogens (tertiary/aromatic N) is 2. The van der Waals surface area contributed by atoms with Gasteiger partial charge in [0, 0.05) is 25.7 Å². The zero-order valence-electron chi connectivity index (χ0n) is 10.8. The average Bonchev–Trinajstić information content (AvgIpc) is 2.95. The number of likely N-dealkylation sites (tertiary alicyclic amines) is 1. The van der Waals surface area contributed by atoms with Crippen molar-refractivity contribution in [3.63, 3.8) is 0 Å². The second-order valence-electron chi connectivity index (χ2n) is 4.79. The van der Waals surface area contributed by atoms with Gasteiger partial charge < -0.3 is 19.7 Å². The van der Waals surface area contributed by atoms with Crippen molar-refractivity contribution < 1.29 is 19.8 Å². The Kier molecular flexibility index (Phi) is 3.90. The quantitative estimate of drug-likeness (QED) is 0.834. The highest BCUT2D eigenvalue weighted by atomic mass is 16.4. The molecule has 0 aromatic carbocycles. The van der Waals surface area contributed by atoms with Gasteiger partial charge in [-0.2, -0.15) is 0 Å². The number of carboxylic acids is 1. The van der Waals surface area contributed by atoms with Gasteiger partial charge in [-0.05, 0) is 18.6 Å². The van der Waals surface area contributed by atoms with Crippen molar-refractivity contribution in [2.75, 3.05) is 6.54 Å². The lowest BCUT2D eigenvalue weighted by molar-refractivity contribution is -0.141. The van der Waals surface area contributed by atoms with Gasteiger partial charge >= 0.3 is 5.97 Å². The lowest BCUT2D eigenvalue weighted by Gasteiger charge is -2.21. The van der Waals surface area contributed by atoms with E-state index in [0.29, 0.717) is 12.2 Å². The number of aryl methyl sites for hydroxylation is 1. The third-order valence-electron chi connectivity index (χ3n) is 3.34. The topological polar surface area (TPSA) is 82.8 Å². The number of rotatable bonds is 4. The maximum absolute atomic E-state index is 12.4. The normalized spacial score (nSPS) is 22.7. The number of aromatic nitrogens is 1. The Bertz CT molecular complexity index is 483. The Balaban J connectivity index is 2.22. The third kappa shape index (κ3) is 2.63. The summed E-state index contributed by atoms with van der Waals surface area (Å²) in [6, 6.07) is 2.51. The number of β-amino-alcohol motifs (C(OH)–C–C–N with tert-alkyl or cyclic N) is 1. The summed E-state index contributed by atoms with van der Waals surface area (Å²) in [5.41, 5.74) is 0.474. The smallest absolute Gasteiger partial charge is 0.326 e. The van der Waals surface area contributed by atoms with Crippen LogP contribution in [0.25, 0.3) is 0 Å². The molecule has 1 aliphatic heterocycles. The summed E-state index contributed by atoms with van der Waals surface area (Å²) < 4.78 is 1.81. The highest BCUT2D eigenvalue weighted by Crippen LogP contribution is 2.21. The average molecular weight is 266 g/mol. The van der Waals surface area contributed by atoms with Crippen molar-refractivity contribution in [1.82, 2.24) is 9.47 Å². The molecule has 2 rings (SSSR count). The minimum atomic E-state index is -1.07. The van der Waals surface area contributed by atoms with Crippen LogP contribution in [0.4, 0.5) is 0 Å². The molecule has 6 nitrogen and oxygen atoms in total. The van der Waals surface area contributed by atoms with E-state index in [1.807, 2.05) is 11.5 Å². The minimum absolute atomic E-state index is 0.0765. The first-order valence-electron chi connectivity index (χ1n) is 6.41. The van der Waals surface area contributed by atoms with Gasteiger partial charge in [-0.25, -0.2) is 4.79 Å². The first-order valence-corrected chi connectivity index (χ1v) is 6.41. The summed E-state index contributed by atoms with van der Waals surface area (Å²) in [5, 5.41) is 18.7. The number of amides is 1. The third-order valence-corrected chi connectivity index (χ3v) is 3.34. The molecule has 0 spiro atoms. The summed E-state index contributed by atoms with van der Waals surface area (Å²) in [4.78, 5) is 24.8. The number of aliphatic hydroxyl groups excluding tert-OH is 1. The first-order chi connectivity index (χ1) is 9.04. The molecule has 6 heteroatoms. The molecule has 1 aromatic rings. The van der Waals surface area contributed by atoms with Crippen LogP contribution in [-0.4, -0.2) is 50.2 Å². The summed E-state index contributed by atoms with van der Waals surface area (Å²) in [6.07, 6.45) is 2.02. The van der Waals surface area contributed by atoms with Gasteiger partial charge in [-0.1, -0.05) is 6.92 Å². The van der Waals surface area contributed by atoms with Crippen molar-refractivity contribution in [2.24, 2.45) is 0 Å². The monoisotopic (exact) mass is 266 g/mol. The van der Waals surface area contributed by atoms with E-state index in [1.54, 1.807) is 18.3 Å². The van der Waals surface area contributed by atoms with Gasteiger partial charge in [0.1, 0.15) is 11.7 Å². The van der Waals surface area contributed by atoms with Crippen LogP contribution in [0.2, 0.25) is 0 Å². The van der Waals surface area contributed by atoms with Crippen molar-refractivity contribution in [2.45, 2.75) is 38.5 Å². The van der Waals surface area contributed by atoms with Gasteiger partial charge in [0.25, 0.3) is 5.91 Å². The molecule has 0 aliphatic carbocycles. The number of aliphatic carboxylic acids is 1. The number of aliphatic hydroxyl groups is 1. The first kappa shape index (κ1) is 13.6. The lowest BCUT2D eigenvalue weighted by Crippen LogP contribution is -2.41. The molecule has 2 atom stereocenters. The van der Waals surface area contributed by atoms with Crippen molar-refractivity contribution >= 4 is 11.9 Å². The van der Waals surface area contributed by atoms with Gasteiger partial charge in [0.2, 0.25) is 0 Å². The molecule has 0 bridgehead atoms. The second kappa shape index (κ2) is 5.44. The van der Waals surface area contributed by atoms with Crippen LogP contribution in [0.3, 0.4) is 0 Å². The predicted octanol–water partition coefficient (Wildman–Crippen LogP) is 0.558. The molecule has 1 aromatic heterocycles. The number of carbonyl (C=O) groups excluding carboxylic acids is 1. The molecule has 2 heterocycles. The van der Waals surface area contributed by atoms with E-state index < -0.39 is 18.1 Å². The largest absolute Gasteiger partial charge is 0.480 e. The number of hydrogen-bond acceptors (Lipinski definition) is 3. The molecule has 104 valence electrons. The summed E-state index contributed by atoms with van der Waals surface area (Å²) >= 11 is 0. The summed E-state index contributed by atoms with van der Waals surface area (Å²) in [7, 11) is 0. The Hall–Kier alpha value is -1.82. The molecule has 1 amide bonds. The van der Waals surface area contributed by atoms with Crippen LogP contribution in [0.15, 0.2) is 18.3 Å². The van der Waals surface area contributed by atoms with Crippen LogP contribution < -0.4 is 0 Å². The van der Waals surface area contributed by atoms with Gasteiger partial charge in [0.05, 0.1) is 6.10 Å². The van der Waals surface area contributed by atoms with Crippen LogP contribution in [0.1, 0.15) is 30.3 Å². The molecule has 2 unspecified atom stereocenters. The molecule has 2 N–H and O–H groups in total. The molecule has 0 radical (unpaired) electrons. The Morgan fingerprint density at radius 1 is 1.47 bits per heavy atom. The van der Waals surface area contributed by atoms with E-state index in [0.717, 1.165) is 6.42 Å². The van der Waals surface area contributed by atoms with Crippen molar-refractivity contribution in [1.29, 1.82) is 0 Å². The molecule has 0 saturated carbocycles. The number of carbonyl (C=O) groups is 2. The summed E-state index contributed by atoms with van der Waals surface area (Å²) in [5.74, 6) is -1.40. The predicted molar refractivity (Wildman–Crippen MR) is 67.8 cm³/mol. The van der Waals surface area contributed by atoms with Gasteiger partial charge in [-0.15, -0.1) is 0 Å². The van der Waals surface area contributed by atoms with E-state index in [4.69, 9.17) is 5.11 Å². The van der Waals surface area contributed by atoms with Gasteiger partial charge in [0.15, 0.2) is 0 Å². The minimum Gasteiger partial charge on any atom is -0.480 e. The molecule has 1 saturated heterocycles. The van der Waals surface area contributed by atoms with Crippen LogP contribution in [0, 0.1) is 0 Å². The van der Waals surface area contributed by atoms with Crippen LogP contribution in [-0.2, 0) is 11.3 Å². The van der Waals surface area contributed by atoms with E-state index in [-0.39, 0.29) is 18.9 Å². The van der Waals surface area contributed by atoms with E-state index in [2.05, 4.69) is 0 Å². The zero-order chi connectivity index (χ0) is 14.0. The maximum Gasteiger partial charge on any atom is 0.326 e. The Morgan fingerprint density at radius 3 is 2.84 bits per heavy atom. The van der Waals surface area contributed by atoms with Crippen LogP contribution in [0.5, 0.6) is 0 Å². The van der Waals surface area contributed by atoms with E-state index >= 15 is 0 Å². The molecule has 19 heavy (non-hydrogen) atoms. The number of hydrogen-bond donors (Lipinski definition) is 2. The lowest BCUT2D eigenvalue weighted by atomic mass is 10.2.